The standard InChI is InChI=1S/C17H29N5O2/c1-6-7-22-13(3)15(12(2)19-22)17(24)21-9-8-20(5)10-14(11-21)16(23)18-4/h14H,6-11H2,1-5H3,(H,18,23)/t14-/m1/s1. The molecule has 1 aromatic rings. The molecule has 7 heteroatoms. The van der Waals surface area contributed by atoms with Crippen molar-refractivity contribution in [1.29, 1.82) is 0 Å². The second-order valence-corrected chi connectivity index (χ2v) is 6.59. The van der Waals surface area contributed by atoms with E-state index in [1.807, 2.05) is 25.6 Å². The highest BCUT2D eigenvalue weighted by Crippen LogP contribution is 2.19. The number of nitrogens with zero attached hydrogens (tertiary/aromatic N) is 4. The van der Waals surface area contributed by atoms with Crippen molar-refractivity contribution in [2.24, 2.45) is 5.92 Å². The molecule has 2 heterocycles. The lowest BCUT2D eigenvalue weighted by atomic mass is 10.1. The molecule has 0 unspecified atom stereocenters. The predicted molar refractivity (Wildman–Crippen MR) is 92.9 cm³/mol. The van der Waals surface area contributed by atoms with Gasteiger partial charge in [-0.1, -0.05) is 6.92 Å². The molecule has 0 radical (unpaired) electrons. The smallest absolute Gasteiger partial charge is 0.257 e. The molecule has 7 nitrogen and oxygen atoms in total. The Labute approximate surface area is 144 Å². The van der Waals surface area contributed by atoms with Crippen molar-refractivity contribution < 1.29 is 9.59 Å². The molecular weight excluding hydrogens is 306 g/mol. The van der Waals surface area contributed by atoms with Crippen LogP contribution in [-0.4, -0.2) is 71.7 Å². The molecular formula is C17H29N5O2. The molecule has 24 heavy (non-hydrogen) atoms. The summed E-state index contributed by atoms with van der Waals surface area (Å²) in [6.45, 7) is 9.23. The molecule has 1 fully saturated rings. The maximum absolute atomic E-state index is 13.1. The summed E-state index contributed by atoms with van der Waals surface area (Å²) in [4.78, 5) is 29.1. The second-order valence-electron chi connectivity index (χ2n) is 6.59. The maximum atomic E-state index is 13.1. The number of aromatic nitrogens is 2. The number of amides is 2. The van der Waals surface area contributed by atoms with Crippen LogP contribution in [0.3, 0.4) is 0 Å². The van der Waals surface area contributed by atoms with Gasteiger partial charge < -0.3 is 15.1 Å². The van der Waals surface area contributed by atoms with Gasteiger partial charge in [-0.15, -0.1) is 0 Å². The monoisotopic (exact) mass is 335 g/mol. The van der Waals surface area contributed by atoms with Gasteiger partial charge in [0, 0.05) is 45.5 Å². The molecule has 0 bridgehead atoms. The summed E-state index contributed by atoms with van der Waals surface area (Å²) in [7, 11) is 3.63. The van der Waals surface area contributed by atoms with Crippen LogP contribution in [0, 0.1) is 19.8 Å². The Morgan fingerprint density at radius 3 is 2.58 bits per heavy atom. The van der Waals surface area contributed by atoms with E-state index in [1.54, 1.807) is 11.9 Å². The lowest BCUT2D eigenvalue weighted by Gasteiger charge is -2.23. The van der Waals surface area contributed by atoms with Gasteiger partial charge in [0.25, 0.3) is 5.91 Å². The molecule has 134 valence electrons. The summed E-state index contributed by atoms with van der Waals surface area (Å²) in [5, 5.41) is 7.21. The van der Waals surface area contributed by atoms with Crippen LogP contribution in [0.4, 0.5) is 0 Å². The summed E-state index contributed by atoms with van der Waals surface area (Å²) in [5.74, 6) is -0.244. The average molecular weight is 335 g/mol. The first-order valence-electron chi connectivity index (χ1n) is 8.62. The highest BCUT2D eigenvalue weighted by molar-refractivity contribution is 5.96. The molecule has 1 N–H and O–H groups in total. The van der Waals surface area contributed by atoms with E-state index in [0.717, 1.165) is 30.9 Å². The average Bonchev–Trinajstić information content (AvgIpc) is 2.72. The fraction of sp³-hybridized carbons (Fsp3) is 0.706. The fourth-order valence-corrected chi connectivity index (χ4v) is 3.32. The third-order valence-corrected chi connectivity index (χ3v) is 4.66. The molecule has 1 aliphatic rings. The van der Waals surface area contributed by atoms with Crippen LogP contribution >= 0.6 is 0 Å². The van der Waals surface area contributed by atoms with Crippen LogP contribution in [-0.2, 0) is 11.3 Å². The molecule has 1 saturated heterocycles. The van der Waals surface area contributed by atoms with Crippen molar-refractivity contribution in [1.82, 2.24) is 24.9 Å². The molecule has 0 aromatic carbocycles. The normalized spacial score (nSPS) is 19.2. The van der Waals surface area contributed by atoms with Gasteiger partial charge in [0.2, 0.25) is 5.91 Å². The zero-order chi connectivity index (χ0) is 17.9. The van der Waals surface area contributed by atoms with Gasteiger partial charge >= 0.3 is 0 Å². The minimum Gasteiger partial charge on any atom is -0.359 e. The topological polar surface area (TPSA) is 70.5 Å². The van der Waals surface area contributed by atoms with Gasteiger partial charge in [-0.05, 0) is 27.3 Å². The van der Waals surface area contributed by atoms with Crippen molar-refractivity contribution in [2.45, 2.75) is 33.7 Å². The molecule has 1 aromatic heterocycles. The van der Waals surface area contributed by atoms with E-state index < -0.39 is 0 Å². The Balaban J connectivity index is 2.26. The Bertz CT molecular complexity index is 610. The van der Waals surface area contributed by atoms with E-state index >= 15 is 0 Å². The number of nitrogens with one attached hydrogen (secondary N) is 1. The number of carbonyl (C=O) groups is 2. The SMILES string of the molecule is CCCn1nc(C)c(C(=O)N2CCN(C)C[C@@H](C(=O)NC)C2)c1C. The molecule has 2 rings (SSSR count). The van der Waals surface area contributed by atoms with E-state index in [-0.39, 0.29) is 17.7 Å². The Kier molecular flexibility index (Phi) is 5.99. The minimum absolute atomic E-state index is 0.0170. The van der Waals surface area contributed by atoms with Crippen molar-refractivity contribution in [2.75, 3.05) is 40.3 Å². The van der Waals surface area contributed by atoms with Gasteiger partial charge in [-0.25, -0.2) is 0 Å². The fourth-order valence-electron chi connectivity index (χ4n) is 3.32. The van der Waals surface area contributed by atoms with E-state index in [1.165, 1.54) is 0 Å². The van der Waals surface area contributed by atoms with Crippen LogP contribution in [0.15, 0.2) is 0 Å². The summed E-state index contributed by atoms with van der Waals surface area (Å²) in [6, 6.07) is 0. The highest BCUT2D eigenvalue weighted by Gasteiger charge is 2.31. The Morgan fingerprint density at radius 2 is 1.96 bits per heavy atom. The number of aryl methyl sites for hydroxylation is 2. The summed E-state index contributed by atoms with van der Waals surface area (Å²) in [6.07, 6.45) is 0.975. The van der Waals surface area contributed by atoms with E-state index in [4.69, 9.17) is 0 Å². The van der Waals surface area contributed by atoms with Gasteiger partial charge in [0.15, 0.2) is 0 Å². The third-order valence-electron chi connectivity index (χ3n) is 4.66. The zero-order valence-corrected chi connectivity index (χ0v) is 15.4. The number of hydrogen-bond acceptors (Lipinski definition) is 4. The molecule has 0 aliphatic carbocycles. The van der Waals surface area contributed by atoms with Gasteiger partial charge in [0.1, 0.15) is 0 Å². The van der Waals surface area contributed by atoms with Crippen LogP contribution in [0.1, 0.15) is 35.1 Å². The molecule has 0 saturated carbocycles. The minimum atomic E-state index is -0.210. The quantitative estimate of drug-likeness (QED) is 0.877. The molecule has 0 spiro atoms. The predicted octanol–water partition coefficient (Wildman–Crippen LogP) is 0.660. The molecule has 2 amide bonds. The van der Waals surface area contributed by atoms with E-state index in [9.17, 15) is 9.59 Å². The zero-order valence-electron chi connectivity index (χ0n) is 15.4. The van der Waals surface area contributed by atoms with Gasteiger partial charge in [-0.2, -0.15) is 5.10 Å². The number of hydrogen-bond donors (Lipinski definition) is 1. The number of likely N-dealkylation sites (N-methyl/N-ethyl adjacent to an activating group) is 1. The van der Waals surface area contributed by atoms with Gasteiger partial charge in [0.05, 0.1) is 17.2 Å². The first kappa shape index (κ1) is 18.4. The summed E-state index contributed by atoms with van der Waals surface area (Å²) >= 11 is 0. The van der Waals surface area contributed by atoms with Crippen LogP contribution < -0.4 is 5.32 Å². The largest absolute Gasteiger partial charge is 0.359 e. The lowest BCUT2D eigenvalue weighted by Crippen LogP contribution is -2.41. The van der Waals surface area contributed by atoms with Crippen LogP contribution in [0.2, 0.25) is 0 Å². The summed E-state index contributed by atoms with van der Waals surface area (Å²) in [5.41, 5.74) is 2.36. The van der Waals surface area contributed by atoms with Crippen LogP contribution in [0.25, 0.3) is 0 Å². The maximum Gasteiger partial charge on any atom is 0.257 e. The van der Waals surface area contributed by atoms with Crippen molar-refractivity contribution in [3.8, 4) is 0 Å². The first-order chi connectivity index (χ1) is 11.4. The van der Waals surface area contributed by atoms with E-state index in [2.05, 4.69) is 22.2 Å². The lowest BCUT2D eigenvalue weighted by molar-refractivity contribution is -0.125. The number of rotatable bonds is 4. The molecule has 1 aliphatic heterocycles. The Morgan fingerprint density at radius 1 is 1.25 bits per heavy atom. The highest BCUT2D eigenvalue weighted by atomic mass is 16.2. The van der Waals surface area contributed by atoms with Crippen molar-refractivity contribution >= 4 is 11.8 Å². The second kappa shape index (κ2) is 7.79. The van der Waals surface area contributed by atoms with E-state index in [0.29, 0.717) is 25.2 Å². The Hall–Kier alpha value is -1.89. The van der Waals surface area contributed by atoms with Crippen molar-refractivity contribution in [3.63, 3.8) is 0 Å². The van der Waals surface area contributed by atoms with Crippen LogP contribution in [0.5, 0.6) is 0 Å². The third kappa shape index (κ3) is 3.77. The van der Waals surface area contributed by atoms with Gasteiger partial charge in [-0.3, -0.25) is 14.3 Å². The molecule has 1 atom stereocenters. The van der Waals surface area contributed by atoms with Crippen molar-refractivity contribution in [3.05, 3.63) is 17.0 Å². The number of carbonyl (C=O) groups excluding carboxylic acids is 2. The summed E-state index contributed by atoms with van der Waals surface area (Å²) < 4.78 is 1.91. The first-order valence-corrected chi connectivity index (χ1v) is 8.62.